The molecule has 4 heteroatoms. The standard InChI is InChI=1S/C13H15N3O/c1-17-11-4-5-12-10(8-11)9-14-13(15-12)16-6-2-3-7-16/h4-5,8-9H,2-3,6-7H2,1H3. The molecule has 0 unspecified atom stereocenters. The molecular formula is C13H15N3O. The fraction of sp³-hybridized carbons (Fsp3) is 0.385. The summed E-state index contributed by atoms with van der Waals surface area (Å²) < 4.78 is 5.19. The Hall–Kier alpha value is -1.84. The van der Waals surface area contributed by atoms with Gasteiger partial charge in [0.2, 0.25) is 5.95 Å². The number of nitrogens with zero attached hydrogens (tertiary/aromatic N) is 3. The highest BCUT2D eigenvalue weighted by atomic mass is 16.5. The maximum absolute atomic E-state index is 5.19. The topological polar surface area (TPSA) is 38.2 Å². The molecule has 0 saturated carbocycles. The Balaban J connectivity index is 2.01. The van der Waals surface area contributed by atoms with E-state index in [0.29, 0.717) is 0 Å². The van der Waals surface area contributed by atoms with Crippen molar-refractivity contribution in [3.05, 3.63) is 24.4 Å². The summed E-state index contributed by atoms with van der Waals surface area (Å²) in [5.74, 6) is 1.69. The molecule has 0 bridgehead atoms. The van der Waals surface area contributed by atoms with E-state index in [1.54, 1.807) is 7.11 Å². The molecule has 88 valence electrons. The number of aromatic nitrogens is 2. The molecule has 1 fully saturated rings. The lowest BCUT2D eigenvalue weighted by Gasteiger charge is -2.15. The van der Waals surface area contributed by atoms with Gasteiger partial charge in [-0.1, -0.05) is 0 Å². The summed E-state index contributed by atoms with van der Waals surface area (Å²) >= 11 is 0. The van der Waals surface area contributed by atoms with Crippen LogP contribution < -0.4 is 9.64 Å². The van der Waals surface area contributed by atoms with Crippen LogP contribution in [0.2, 0.25) is 0 Å². The fourth-order valence-corrected chi connectivity index (χ4v) is 2.20. The van der Waals surface area contributed by atoms with E-state index < -0.39 is 0 Å². The lowest BCUT2D eigenvalue weighted by molar-refractivity contribution is 0.415. The smallest absolute Gasteiger partial charge is 0.225 e. The van der Waals surface area contributed by atoms with Crippen molar-refractivity contribution in [2.24, 2.45) is 0 Å². The van der Waals surface area contributed by atoms with Crippen LogP contribution in [0.15, 0.2) is 24.4 Å². The highest BCUT2D eigenvalue weighted by Crippen LogP contribution is 2.22. The van der Waals surface area contributed by atoms with E-state index in [4.69, 9.17) is 4.74 Å². The van der Waals surface area contributed by atoms with E-state index >= 15 is 0 Å². The molecule has 4 nitrogen and oxygen atoms in total. The number of rotatable bonds is 2. The zero-order valence-corrected chi connectivity index (χ0v) is 9.89. The Kier molecular flexibility index (Phi) is 2.55. The molecule has 0 atom stereocenters. The molecular weight excluding hydrogens is 214 g/mol. The van der Waals surface area contributed by atoms with E-state index in [2.05, 4.69) is 14.9 Å². The second kappa shape index (κ2) is 4.20. The molecule has 0 N–H and O–H groups in total. The van der Waals surface area contributed by atoms with Gasteiger partial charge in [-0.3, -0.25) is 0 Å². The van der Waals surface area contributed by atoms with Gasteiger partial charge in [-0.2, -0.15) is 0 Å². The minimum atomic E-state index is 0.843. The third-order valence-corrected chi connectivity index (χ3v) is 3.16. The van der Waals surface area contributed by atoms with Crippen molar-refractivity contribution in [3.8, 4) is 5.75 Å². The Labute approximate surface area is 100 Å². The number of methoxy groups -OCH3 is 1. The van der Waals surface area contributed by atoms with Crippen LogP contribution >= 0.6 is 0 Å². The maximum atomic E-state index is 5.19. The third kappa shape index (κ3) is 1.90. The van der Waals surface area contributed by atoms with Crippen LogP contribution in [0, 0.1) is 0 Å². The zero-order valence-electron chi connectivity index (χ0n) is 9.89. The van der Waals surface area contributed by atoms with E-state index in [-0.39, 0.29) is 0 Å². The van der Waals surface area contributed by atoms with Gasteiger partial charge in [0.25, 0.3) is 0 Å². The number of hydrogen-bond acceptors (Lipinski definition) is 4. The van der Waals surface area contributed by atoms with Crippen LogP contribution in [0.4, 0.5) is 5.95 Å². The fourth-order valence-electron chi connectivity index (χ4n) is 2.20. The summed E-state index contributed by atoms with van der Waals surface area (Å²) in [6, 6.07) is 5.88. The van der Waals surface area contributed by atoms with Crippen LogP contribution in [0.1, 0.15) is 12.8 Å². The van der Waals surface area contributed by atoms with Gasteiger partial charge in [0.1, 0.15) is 5.75 Å². The number of fused-ring (bicyclic) bond motifs is 1. The van der Waals surface area contributed by atoms with Crippen LogP contribution in [0.3, 0.4) is 0 Å². The first-order chi connectivity index (χ1) is 8.36. The van der Waals surface area contributed by atoms with E-state index in [1.165, 1.54) is 12.8 Å². The summed E-state index contributed by atoms with van der Waals surface area (Å²) in [6.45, 7) is 2.14. The second-order valence-electron chi connectivity index (χ2n) is 4.29. The van der Waals surface area contributed by atoms with Crippen molar-refractivity contribution >= 4 is 16.9 Å². The third-order valence-electron chi connectivity index (χ3n) is 3.16. The van der Waals surface area contributed by atoms with Gasteiger partial charge < -0.3 is 9.64 Å². The van der Waals surface area contributed by atoms with Crippen molar-refractivity contribution < 1.29 is 4.74 Å². The molecule has 1 aliphatic heterocycles. The van der Waals surface area contributed by atoms with E-state index in [9.17, 15) is 0 Å². The quantitative estimate of drug-likeness (QED) is 0.791. The van der Waals surface area contributed by atoms with Gasteiger partial charge in [-0.15, -0.1) is 0 Å². The summed E-state index contributed by atoms with van der Waals surface area (Å²) in [4.78, 5) is 11.3. The molecule has 17 heavy (non-hydrogen) atoms. The number of ether oxygens (including phenoxy) is 1. The largest absolute Gasteiger partial charge is 0.497 e. The monoisotopic (exact) mass is 229 g/mol. The Morgan fingerprint density at radius 3 is 2.82 bits per heavy atom. The predicted molar refractivity (Wildman–Crippen MR) is 67.5 cm³/mol. The molecule has 2 heterocycles. The van der Waals surface area contributed by atoms with Gasteiger partial charge in [0.15, 0.2) is 0 Å². The normalized spacial score (nSPS) is 15.5. The maximum Gasteiger partial charge on any atom is 0.225 e. The lowest BCUT2D eigenvalue weighted by Crippen LogP contribution is -2.20. The van der Waals surface area contributed by atoms with E-state index in [0.717, 1.165) is 35.7 Å². The molecule has 3 rings (SSSR count). The first kappa shape index (κ1) is 10.3. The van der Waals surface area contributed by atoms with Gasteiger partial charge in [0, 0.05) is 24.7 Å². The average Bonchev–Trinajstić information content (AvgIpc) is 2.91. The minimum absolute atomic E-state index is 0.843. The number of benzene rings is 1. The van der Waals surface area contributed by atoms with Crippen LogP contribution in [-0.4, -0.2) is 30.2 Å². The molecule has 0 aliphatic carbocycles. The molecule has 0 radical (unpaired) electrons. The Bertz CT molecular complexity index is 535. The molecule has 2 aromatic rings. The van der Waals surface area contributed by atoms with Gasteiger partial charge in [-0.05, 0) is 31.0 Å². The van der Waals surface area contributed by atoms with E-state index in [1.807, 2.05) is 24.4 Å². The number of anilines is 1. The first-order valence-corrected chi connectivity index (χ1v) is 5.92. The summed E-state index contributed by atoms with van der Waals surface area (Å²) in [6.07, 6.45) is 4.35. The highest BCUT2D eigenvalue weighted by Gasteiger charge is 2.14. The molecule has 1 aromatic heterocycles. The zero-order chi connectivity index (χ0) is 11.7. The van der Waals surface area contributed by atoms with Crippen molar-refractivity contribution in [2.75, 3.05) is 25.1 Å². The summed E-state index contributed by atoms with van der Waals surface area (Å²) in [5, 5.41) is 1.02. The van der Waals surface area contributed by atoms with Gasteiger partial charge in [0.05, 0.1) is 12.6 Å². The van der Waals surface area contributed by atoms with Crippen molar-refractivity contribution in [1.82, 2.24) is 9.97 Å². The highest BCUT2D eigenvalue weighted by molar-refractivity contribution is 5.80. The second-order valence-corrected chi connectivity index (χ2v) is 4.29. The van der Waals surface area contributed by atoms with Crippen LogP contribution in [0.25, 0.3) is 10.9 Å². The van der Waals surface area contributed by atoms with Gasteiger partial charge >= 0.3 is 0 Å². The van der Waals surface area contributed by atoms with Gasteiger partial charge in [-0.25, -0.2) is 9.97 Å². The molecule has 0 amide bonds. The minimum Gasteiger partial charge on any atom is -0.497 e. The SMILES string of the molecule is COc1ccc2nc(N3CCCC3)ncc2c1. The number of hydrogen-bond donors (Lipinski definition) is 0. The van der Waals surface area contributed by atoms with Crippen molar-refractivity contribution in [3.63, 3.8) is 0 Å². The summed E-state index contributed by atoms with van der Waals surface area (Å²) in [5.41, 5.74) is 0.975. The Morgan fingerprint density at radius 1 is 1.24 bits per heavy atom. The summed E-state index contributed by atoms with van der Waals surface area (Å²) in [7, 11) is 1.67. The van der Waals surface area contributed by atoms with Crippen molar-refractivity contribution in [2.45, 2.75) is 12.8 Å². The molecule has 1 aromatic carbocycles. The molecule has 1 aliphatic rings. The first-order valence-electron chi connectivity index (χ1n) is 5.92. The van der Waals surface area contributed by atoms with Crippen LogP contribution in [0.5, 0.6) is 5.75 Å². The van der Waals surface area contributed by atoms with Crippen LogP contribution in [-0.2, 0) is 0 Å². The molecule has 0 spiro atoms. The lowest BCUT2D eigenvalue weighted by atomic mass is 10.2. The van der Waals surface area contributed by atoms with Crippen molar-refractivity contribution in [1.29, 1.82) is 0 Å². The molecule has 1 saturated heterocycles. The average molecular weight is 229 g/mol. The Morgan fingerprint density at radius 2 is 2.06 bits per heavy atom. The predicted octanol–water partition coefficient (Wildman–Crippen LogP) is 2.24.